The second-order valence-corrected chi connectivity index (χ2v) is 6.94. The molecular weight excluding hydrogens is 368 g/mol. The van der Waals surface area contributed by atoms with Crippen molar-refractivity contribution in [2.75, 3.05) is 14.2 Å². The number of fused-ring (bicyclic) bond motifs is 1. The Labute approximate surface area is 168 Å². The van der Waals surface area contributed by atoms with Crippen molar-refractivity contribution in [3.05, 3.63) is 77.6 Å². The average Bonchev–Trinajstić information content (AvgIpc) is 3.31. The second-order valence-electron chi connectivity index (χ2n) is 6.94. The van der Waals surface area contributed by atoms with E-state index in [0.29, 0.717) is 18.0 Å². The van der Waals surface area contributed by atoms with Gasteiger partial charge in [0.2, 0.25) is 5.89 Å². The molecule has 3 heterocycles. The fourth-order valence-electron chi connectivity index (χ4n) is 3.26. The number of ether oxygens (including phenoxy) is 1. The summed E-state index contributed by atoms with van der Waals surface area (Å²) in [5.74, 6) is 0.953. The third-order valence-corrected chi connectivity index (χ3v) is 4.79. The molecule has 7 nitrogen and oxygen atoms in total. The van der Waals surface area contributed by atoms with Crippen molar-refractivity contribution in [2.24, 2.45) is 0 Å². The molecule has 0 atom stereocenters. The Balaban J connectivity index is 1.48. The van der Waals surface area contributed by atoms with E-state index >= 15 is 0 Å². The molecular formula is C22H22N4O3. The van der Waals surface area contributed by atoms with Crippen LogP contribution in [0, 0.1) is 6.92 Å². The van der Waals surface area contributed by atoms with Crippen molar-refractivity contribution in [2.45, 2.75) is 20.0 Å². The zero-order valence-corrected chi connectivity index (χ0v) is 16.6. The van der Waals surface area contributed by atoms with Gasteiger partial charge in [-0.15, -0.1) is 0 Å². The number of methoxy groups -OCH3 is 1. The molecule has 4 aromatic rings. The molecule has 148 valence electrons. The highest BCUT2D eigenvalue weighted by Gasteiger charge is 2.15. The van der Waals surface area contributed by atoms with E-state index in [2.05, 4.69) is 19.3 Å². The molecule has 0 radical (unpaired) electrons. The molecule has 29 heavy (non-hydrogen) atoms. The predicted octanol–water partition coefficient (Wildman–Crippen LogP) is 3.72. The molecule has 0 aliphatic rings. The number of hydrogen-bond donors (Lipinski definition) is 0. The first-order chi connectivity index (χ1) is 14.0. The van der Waals surface area contributed by atoms with Crippen molar-refractivity contribution >= 4 is 11.6 Å². The lowest BCUT2D eigenvalue weighted by Crippen LogP contribution is -2.19. The topological polar surface area (TPSA) is 72.9 Å². The quantitative estimate of drug-likeness (QED) is 0.467. The normalized spacial score (nSPS) is 11.3. The smallest absolute Gasteiger partial charge is 0.337 e. The molecule has 0 amide bonds. The Morgan fingerprint density at radius 2 is 1.97 bits per heavy atom. The van der Waals surface area contributed by atoms with Crippen LogP contribution in [0.2, 0.25) is 0 Å². The summed E-state index contributed by atoms with van der Waals surface area (Å²) in [4.78, 5) is 22.8. The minimum Gasteiger partial charge on any atom is -0.465 e. The first kappa shape index (κ1) is 18.9. The maximum Gasteiger partial charge on any atom is 0.337 e. The molecule has 0 fully saturated rings. The lowest BCUT2D eigenvalue weighted by Gasteiger charge is -2.15. The van der Waals surface area contributed by atoms with Gasteiger partial charge in [-0.2, -0.15) is 0 Å². The second kappa shape index (κ2) is 7.89. The standard InChI is InChI=1S/C22H22N4O3/c1-15-19(14-25(2)13-18-12-23-20-6-4-5-11-26(18)20)24-21(29-15)16-7-9-17(10-8-16)22(27)28-3/h4-12H,13-14H2,1-3H3. The molecule has 7 heteroatoms. The molecule has 4 rings (SSSR count). The van der Waals surface area contributed by atoms with E-state index in [1.807, 2.05) is 56.7 Å². The Morgan fingerprint density at radius 3 is 2.72 bits per heavy atom. The summed E-state index contributed by atoms with van der Waals surface area (Å²) in [6.07, 6.45) is 3.92. The third-order valence-electron chi connectivity index (χ3n) is 4.79. The number of benzene rings is 1. The van der Waals surface area contributed by atoms with E-state index in [1.54, 1.807) is 12.1 Å². The molecule has 0 bridgehead atoms. The van der Waals surface area contributed by atoms with Crippen molar-refractivity contribution in [1.82, 2.24) is 19.3 Å². The Kier molecular flexibility index (Phi) is 5.14. The number of carbonyl (C=O) groups is 1. The minimum absolute atomic E-state index is 0.366. The van der Waals surface area contributed by atoms with E-state index in [1.165, 1.54) is 7.11 Å². The van der Waals surface area contributed by atoms with E-state index in [4.69, 9.17) is 9.15 Å². The highest BCUT2D eigenvalue weighted by molar-refractivity contribution is 5.89. The number of rotatable bonds is 6. The molecule has 0 spiro atoms. The van der Waals surface area contributed by atoms with Gasteiger partial charge < -0.3 is 13.6 Å². The molecule has 0 unspecified atom stereocenters. The van der Waals surface area contributed by atoms with Gasteiger partial charge in [0.25, 0.3) is 0 Å². The molecule has 0 aliphatic heterocycles. The molecule has 0 aliphatic carbocycles. The molecule has 3 aromatic heterocycles. The van der Waals surface area contributed by atoms with Crippen LogP contribution in [0.4, 0.5) is 0 Å². The Morgan fingerprint density at radius 1 is 1.17 bits per heavy atom. The van der Waals surface area contributed by atoms with E-state index in [9.17, 15) is 4.79 Å². The highest BCUT2D eigenvalue weighted by atomic mass is 16.5. The Bertz CT molecular complexity index is 1140. The average molecular weight is 390 g/mol. The first-order valence-corrected chi connectivity index (χ1v) is 9.29. The number of carbonyl (C=O) groups excluding carboxylic acids is 1. The summed E-state index contributed by atoms with van der Waals surface area (Å²) >= 11 is 0. The Hall–Kier alpha value is -3.45. The van der Waals surface area contributed by atoms with Crippen LogP contribution in [0.3, 0.4) is 0 Å². The summed E-state index contributed by atoms with van der Waals surface area (Å²) in [6.45, 7) is 3.30. The van der Waals surface area contributed by atoms with Gasteiger partial charge in [-0.25, -0.2) is 14.8 Å². The first-order valence-electron chi connectivity index (χ1n) is 9.29. The molecule has 0 N–H and O–H groups in total. The van der Waals surface area contributed by atoms with E-state index < -0.39 is 0 Å². The number of aryl methyl sites for hydroxylation is 1. The number of nitrogens with zero attached hydrogens (tertiary/aromatic N) is 4. The zero-order chi connectivity index (χ0) is 20.4. The number of pyridine rings is 1. The van der Waals surface area contributed by atoms with Gasteiger partial charge >= 0.3 is 5.97 Å². The van der Waals surface area contributed by atoms with Gasteiger partial charge in [0, 0.05) is 24.8 Å². The highest BCUT2D eigenvalue weighted by Crippen LogP contribution is 2.23. The summed E-state index contributed by atoms with van der Waals surface area (Å²) in [5.41, 5.74) is 4.24. The zero-order valence-electron chi connectivity index (χ0n) is 16.6. The van der Waals surface area contributed by atoms with Crippen LogP contribution in [-0.2, 0) is 17.8 Å². The lowest BCUT2D eigenvalue weighted by atomic mass is 10.1. The molecule has 0 saturated heterocycles. The molecule has 0 saturated carbocycles. The summed E-state index contributed by atoms with van der Waals surface area (Å²) in [5, 5.41) is 0. The third kappa shape index (κ3) is 3.90. The largest absolute Gasteiger partial charge is 0.465 e. The minimum atomic E-state index is -0.366. The number of imidazole rings is 1. The van der Waals surface area contributed by atoms with Crippen molar-refractivity contribution in [1.29, 1.82) is 0 Å². The van der Waals surface area contributed by atoms with E-state index in [-0.39, 0.29) is 5.97 Å². The van der Waals surface area contributed by atoms with Gasteiger partial charge in [0.05, 0.1) is 30.3 Å². The summed E-state index contributed by atoms with van der Waals surface area (Å²) in [7, 11) is 3.41. The van der Waals surface area contributed by atoms with Crippen LogP contribution < -0.4 is 0 Å². The van der Waals surface area contributed by atoms with Crippen molar-refractivity contribution in [3.63, 3.8) is 0 Å². The number of aromatic nitrogens is 3. The number of oxazole rings is 1. The fourth-order valence-corrected chi connectivity index (χ4v) is 3.26. The van der Waals surface area contributed by atoms with Crippen LogP contribution in [0.15, 0.2) is 59.3 Å². The van der Waals surface area contributed by atoms with Crippen LogP contribution in [0.25, 0.3) is 17.1 Å². The fraction of sp³-hybridized carbons (Fsp3) is 0.227. The van der Waals surface area contributed by atoms with Gasteiger partial charge in [0.15, 0.2) is 0 Å². The van der Waals surface area contributed by atoms with Crippen molar-refractivity contribution < 1.29 is 13.9 Å². The van der Waals surface area contributed by atoms with Crippen LogP contribution in [0.1, 0.15) is 27.5 Å². The van der Waals surface area contributed by atoms with Gasteiger partial charge in [-0.3, -0.25) is 4.90 Å². The van der Waals surface area contributed by atoms with Crippen LogP contribution in [0.5, 0.6) is 0 Å². The van der Waals surface area contributed by atoms with E-state index in [0.717, 1.165) is 34.9 Å². The van der Waals surface area contributed by atoms with Gasteiger partial charge in [-0.05, 0) is 50.4 Å². The maximum absolute atomic E-state index is 11.6. The number of hydrogen-bond acceptors (Lipinski definition) is 6. The number of esters is 1. The SMILES string of the molecule is COC(=O)c1ccc(-c2nc(CN(C)Cc3cnc4ccccn34)c(C)o2)cc1. The van der Waals surface area contributed by atoms with Crippen LogP contribution >= 0.6 is 0 Å². The summed E-state index contributed by atoms with van der Waals surface area (Å²) < 4.78 is 12.7. The van der Waals surface area contributed by atoms with Crippen LogP contribution in [-0.4, -0.2) is 39.4 Å². The lowest BCUT2D eigenvalue weighted by molar-refractivity contribution is 0.0600. The summed E-state index contributed by atoms with van der Waals surface area (Å²) in [6, 6.07) is 13.0. The molecule has 1 aromatic carbocycles. The van der Waals surface area contributed by atoms with Crippen molar-refractivity contribution in [3.8, 4) is 11.5 Å². The van der Waals surface area contributed by atoms with Gasteiger partial charge in [0.1, 0.15) is 11.4 Å². The predicted molar refractivity (Wildman–Crippen MR) is 108 cm³/mol. The monoisotopic (exact) mass is 390 g/mol. The van der Waals surface area contributed by atoms with Gasteiger partial charge in [-0.1, -0.05) is 6.07 Å². The maximum atomic E-state index is 11.6.